The Morgan fingerprint density at radius 3 is 1.53 bits per heavy atom. The Bertz CT molecular complexity index is 763. The smallest absolute Gasteiger partial charge is 0.224 e. The first-order valence-corrected chi connectivity index (χ1v) is 14.6. The first-order chi connectivity index (χ1) is 16.8. The third-order valence-corrected chi connectivity index (χ3v) is 7.07. The van der Waals surface area contributed by atoms with Crippen molar-refractivity contribution in [3.8, 4) is 0 Å². The predicted octanol–water partition coefficient (Wildman–Crippen LogP) is 10.6. The van der Waals surface area contributed by atoms with Crippen LogP contribution in [0.1, 0.15) is 135 Å². The summed E-state index contributed by atoms with van der Waals surface area (Å²) in [6.45, 7) is 2.29. The number of carbonyl (C=O) groups is 1. The van der Waals surface area contributed by atoms with Crippen LogP contribution < -0.4 is 5.32 Å². The van der Waals surface area contributed by atoms with E-state index in [9.17, 15) is 4.79 Å². The number of carbonyl (C=O) groups excluding carboxylic acids is 1. The fraction of sp³-hybridized carbons (Fsp3) is 0.656. The molecule has 0 saturated carbocycles. The molecule has 2 aromatic rings. The highest BCUT2D eigenvalue weighted by atomic mass is 16.1. The summed E-state index contributed by atoms with van der Waals surface area (Å²) in [6, 6.07) is 14.3. The van der Waals surface area contributed by atoms with Gasteiger partial charge >= 0.3 is 0 Å². The molecule has 2 rings (SSSR count). The van der Waals surface area contributed by atoms with Gasteiger partial charge in [0.2, 0.25) is 5.91 Å². The van der Waals surface area contributed by atoms with Crippen LogP contribution in [0, 0.1) is 0 Å². The van der Waals surface area contributed by atoms with Crippen LogP contribution in [0.4, 0.5) is 5.69 Å². The van der Waals surface area contributed by atoms with Crippen molar-refractivity contribution in [1.29, 1.82) is 0 Å². The first kappa shape index (κ1) is 28.4. The molecule has 0 aromatic heterocycles. The van der Waals surface area contributed by atoms with Crippen LogP contribution in [-0.4, -0.2) is 5.91 Å². The summed E-state index contributed by atoms with van der Waals surface area (Å²) in [5.41, 5.74) is 0.931. The van der Waals surface area contributed by atoms with Crippen LogP contribution in [-0.2, 0) is 4.79 Å². The lowest BCUT2D eigenvalue weighted by molar-refractivity contribution is -0.116. The van der Waals surface area contributed by atoms with Gasteiger partial charge in [0, 0.05) is 17.5 Å². The van der Waals surface area contributed by atoms with E-state index in [-0.39, 0.29) is 5.91 Å². The van der Waals surface area contributed by atoms with Gasteiger partial charge in [0.05, 0.1) is 0 Å². The lowest BCUT2D eigenvalue weighted by atomic mass is 10.0. The average molecular weight is 466 g/mol. The topological polar surface area (TPSA) is 29.1 Å². The maximum Gasteiger partial charge on any atom is 0.224 e. The number of hydrogen-bond acceptors (Lipinski definition) is 1. The summed E-state index contributed by atoms with van der Waals surface area (Å²) < 4.78 is 0. The van der Waals surface area contributed by atoms with Crippen LogP contribution in [0.3, 0.4) is 0 Å². The highest BCUT2D eigenvalue weighted by Gasteiger charge is 2.05. The molecule has 2 aromatic carbocycles. The van der Waals surface area contributed by atoms with Crippen LogP contribution in [0.25, 0.3) is 10.8 Å². The van der Waals surface area contributed by atoms with E-state index in [2.05, 4.69) is 30.4 Å². The van der Waals surface area contributed by atoms with E-state index >= 15 is 0 Å². The van der Waals surface area contributed by atoms with Gasteiger partial charge in [-0.1, -0.05) is 159 Å². The molecular formula is C32H51NO. The number of amides is 1. The second kappa shape index (κ2) is 19.5. The summed E-state index contributed by atoms with van der Waals surface area (Å²) in [6.07, 6.45) is 26.8. The Labute approximate surface area is 210 Å². The number of fused-ring (bicyclic) bond motifs is 1. The van der Waals surface area contributed by atoms with Crippen molar-refractivity contribution in [2.75, 3.05) is 5.32 Å². The normalized spacial score (nSPS) is 11.2. The quantitative estimate of drug-likeness (QED) is 0.182. The lowest BCUT2D eigenvalue weighted by Crippen LogP contribution is -2.11. The van der Waals surface area contributed by atoms with Crippen molar-refractivity contribution in [3.05, 3.63) is 42.5 Å². The maximum absolute atomic E-state index is 12.3. The number of anilines is 1. The Hall–Kier alpha value is -1.83. The van der Waals surface area contributed by atoms with Crippen LogP contribution >= 0.6 is 0 Å². The highest BCUT2D eigenvalue weighted by molar-refractivity contribution is 6.02. The molecule has 0 spiro atoms. The Kier molecular flexibility index (Phi) is 16.3. The summed E-state index contributed by atoms with van der Waals surface area (Å²) in [4.78, 5) is 12.3. The SMILES string of the molecule is CCCCCCCCCCCCCCCCCCCCCC(=O)Nc1cccc2ccccc12. The third-order valence-electron chi connectivity index (χ3n) is 7.07. The Morgan fingerprint density at radius 2 is 1.00 bits per heavy atom. The monoisotopic (exact) mass is 465 g/mol. The molecule has 190 valence electrons. The van der Waals surface area contributed by atoms with Gasteiger partial charge in [0.25, 0.3) is 0 Å². The van der Waals surface area contributed by atoms with Gasteiger partial charge in [0.15, 0.2) is 0 Å². The summed E-state index contributed by atoms with van der Waals surface area (Å²) >= 11 is 0. The fourth-order valence-electron chi connectivity index (χ4n) is 4.91. The zero-order chi connectivity index (χ0) is 24.1. The average Bonchev–Trinajstić information content (AvgIpc) is 2.85. The molecule has 1 N–H and O–H groups in total. The number of benzene rings is 2. The van der Waals surface area contributed by atoms with E-state index in [1.54, 1.807) is 0 Å². The van der Waals surface area contributed by atoms with E-state index in [0.29, 0.717) is 6.42 Å². The standard InChI is InChI=1S/C32H51NO/c1-2-3-4-5-6-7-8-9-10-11-12-13-14-15-16-17-18-19-20-28-32(34)33-31-27-23-25-29-24-21-22-26-30(29)31/h21-27H,2-20,28H2,1H3,(H,33,34). The zero-order valence-corrected chi connectivity index (χ0v) is 22.1. The number of hydrogen-bond donors (Lipinski definition) is 1. The molecule has 0 radical (unpaired) electrons. The molecule has 0 aliphatic carbocycles. The minimum absolute atomic E-state index is 0.142. The van der Waals surface area contributed by atoms with E-state index in [1.807, 2.05) is 24.3 Å². The van der Waals surface area contributed by atoms with Crippen LogP contribution in [0.5, 0.6) is 0 Å². The lowest BCUT2D eigenvalue weighted by Gasteiger charge is -2.08. The molecule has 2 nitrogen and oxygen atoms in total. The molecule has 0 saturated heterocycles. The van der Waals surface area contributed by atoms with Gasteiger partial charge in [-0.25, -0.2) is 0 Å². The fourth-order valence-corrected chi connectivity index (χ4v) is 4.91. The summed E-state index contributed by atoms with van der Waals surface area (Å²) in [5.74, 6) is 0.142. The van der Waals surface area contributed by atoms with Crippen molar-refractivity contribution < 1.29 is 4.79 Å². The minimum Gasteiger partial charge on any atom is -0.326 e. The number of unbranched alkanes of at least 4 members (excludes halogenated alkanes) is 18. The van der Waals surface area contributed by atoms with E-state index in [1.165, 1.54) is 121 Å². The van der Waals surface area contributed by atoms with Crippen molar-refractivity contribution in [1.82, 2.24) is 0 Å². The largest absolute Gasteiger partial charge is 0.326 e. The predicted molar refractivity (Wildman–Crippen MR) is 151 cm³/mol. The molecule has 34 heavy (non-hydrogen) atoms. The van der Waals surface area contributed by atoms with E-state index in [0.717, 1.165) is 17.5 Å². The van der Waals surface area contributed by atoms with Crippen molar-refractivity contribution in [2.24, 2.45) is 0 Å². The van der Waals surface area contributed by atoms with Crippen molar-refractivity contribution >= 4 is 22.4 Å². The molecule has 0 heterocycles. The van der Waals surface area contributed by atoms with Gasteiger partial charge in [-0.05, 0) is 17.9 Å². The molecular weight excluding hydrogens is 414 g/mol. The van der Waals surface area contributed by atoms with Crippen LogP contribution in [0.2, 0.25) is 0 Å². The van der Waals surface area contributed by atoms with Gasteiger partial charge < -0.3 is 5.32 Å². The second-order valence-electron chi connectivity index (χ2n) is 10.2. The van der Waals surface area contributed by atoms with Gasteiger partial charge in [-0.2, -0.15) is 0 Å². The highest BCUT2D eigenvalue weighted by Crippen LogP contribution is 2.23. The molecule has 0 aliphatic rings. The summed E-state index contributed by atoms with van der Waals surface area (Å²) in [5, 5.41) is 5.39. The minimum atomic E-state index is 0.142. The van der Waals surface area contributed by atoms with Crippen molar-refractivity contribution in [2.45, 2.75) is 135 Å². The molecule has 0 atom stereocenters. The molecule has 0 aliphatic heterocycles. The second-order valence-corrected chi connectivity index (χ2v) is 10.2. The van der Waals surface area contributed by atoms with Crippen molar-refractivity contribution in [3.63, 3.8) is 0 Å². The molecule has 0 unspecified atom stereocenters. The molecule has 0 bridgehead atoms. The van der Waals surface area contributed by atoms with E-state index < -0.39 is 0 Å². The third kappa shape index (κ3) is 13.2. The van der Waals surface area contributed by atoms with Gasteiger partial charge in [0.1, 0.15) is 0 Å². The first-order valence-electron chi connectivity index (χ1n) is 14.6. The van der Waals surface area contributed by atoms with E-state index in [4.69, 9.17) is 0 Å². The molecule has 2 heteroatoms. The number of nitrogens with one attached hydrogen (secondary N) is 1. The van der Waals surface area contributed by atoms with Gasteiger partial charge in [-0.3, -0.25) is 4.79 Å². The zero-order valence-electron chi connectivity index (χ0n) is 22.1. The summed E-state index contributed by atoms with van der Waals surface area (Å²) in [7, 11) is 0. The van der Waals surface area contributed by atoms with Crippen LogP contribution in [0.15, 0.2) is 42.5 Å². The van der Waals surface area contributed by atoms with Gasteiger partial charge in [-0.15, -0.1) is 0 Å². The number of rotatable bonds is 21. The molecule has 0 fully saturated rings. The Morgan fingerprint density at radius 1 is 0.559 bits per heavy atom. The maximum atomic E-state index is 12.3. The Balaban J connectivity index is 1.33. The molecule has 1 amide bonds.